The molecule has 0 radical (unpaired) electrons. The smallest absolute Gasteiger partial charge is 0.387 e. The molecule has 4 saturated carbocycles. The Morgan fingerprint density at radius 2 is 1.94 bits per heavy atom. The van der Waals surface area contributed by atoms with E-state index in [1.165, 1.54) is 19.3 Å². The van der Waals surface area contributed by atoms with E-state index in [4.69, 9.17) is 17.0 Å². The van der Waals surface area contributed by atoms with Crippen molar-refractivity contribution in [2.45, 2.75) is 37.0 Å². The fourth-order valence-corrected chi connectivity index (χ4v) is 5.31. The Kier molecular flexibility index (Phi) is 2.19. The van der Waals surface area contributed by atoms with E-state index in [1.807, 2.05) is 0 Å². The molecule has 0 spiro atoms. The van der Waals surface area contributed by atoms with Gasteiger partial charge in [0, 0.05) is 5.92 Å². The molecular formula is C12H16ClN2O+. The van der Waals surface area contributed by atoms with Crippen LogP contribution in [0.1, 0.15) is 32.1 Å². The van der Waals surface area contributed by atoms with Crippen LogP contribution in [0.5, 0.6) is 0 Å². The number of aliphatic hydroxyl groups excluding tert-OH is 1. The van der Waals surface area contributed by atoms with Crippen LogP contribution in [-0.2, 0) is 0 Å². The third kappa shape index (κ3) is 1.36. The summed E-state index contributed by atoms with van der Waals surface area (Å²) in [5, 5.41) is 18.5. The van der Waals surface area contributed by atoms with Crippen LogP contribution in [0.25, 0.3) is 4.98 Å². The third-order valence-electron chi connectivity index (χ3n) is 4.73. The summed E-state index contributed by atoms with van der Waals surface area (Å²) < 4.78 is 0. The fourth-order valence-electron chi connectivity index (χ4n) is 4.59. The number of halogens is 1. The lowest BCUT2D eigenvalue weighted by molar-refractivity contribution is -0.0193. The van der Waals surface area contributed by atoms with Gasteiger partial charge in [-0.3, -0.25) is 0 Å². The first-order chi connectivity index (χ1) is 7.62. The van der Waals surface area contributed by atoms with Gasteiger partial charge < -0.3 is 5.11 Å². The van der Waals surface area contributed by atoms with E-state index in [1.54, 1.807) is 0 Å². The van der Waals surface area contributed by atoms with E-state index in [9.17, 15) is 5.11 Å². The van der Waals surface area contributed by atoms with Gasteiger partial charge in [0.25, 0.3) is 0 Å². The molecule has 4 aliphatic rings. The Balaban J connectivity index is 1.95. The molecule has 4 bridgehead atoms. The van der Waals surface area contributed by atoms with E-state index in [0.717, 1.165) is 30.9 Å². The van der Waals surface area contributed by atoms with Gasteiger partial charge in [0.05, 0.1) is 4.87 Å². The van der Waals surface area contributed by atoms with Gasteiger partial charge in [-0.05, 0) is 49.9 Å². The van der Waals surface area contributed by atoms with Crippen molar-refractivity contribution >= 4 is 11.6 Å². The van der Waals surface area contributed by atoms with Crippen molar-refractivity contribution in [3.63, 3.8) is 0 Å². The molecule has 1 N–H and O–H groups in total. The average molecular weight is 240 g/mol. The molecule has 3 unspecified atom stereocenters. The summed E-state index contributed by atoms with van der Waals surface area (Å²) in [4.78, 5) is 2.65. The number of allylic oxidation sites excluding steroid dienone is 1. The Bertz CT molecular complexity index is 373. The Labute approximate surface area is 100 Å². The van der Waals surface area contributed by atoms with E-state index in [2.05, 4.69) is 4.98 Å². The highest BCUT2D eigenvalue weighted by Crippen LogP contribution is 2.62. The predicted octanol–water partition coefficient (Wildman–Crippen LogP) is 3.67. The van der Waals surface area contributed by atoms with Crippen molar-refractivity contribution in [3.05, 3.63) is 16.9 Å². The molecule has 0 aromatic heterocycles. The number of alkyl halides is 1. The molecule has 3 atom stereocenters. The molecule has 0 aromatic rings. The first-order valence-corrected chi connectivity index (χ1v) is 6.42. The maximum atomic E-state index is 9.97. The minimum atomic E-state index is -0.278. The molecule has 86 valence electrons. The summed E-state index contributed by atoms with van der Waals surface area (Å²) in [5.41, 5.74) is 0. The lowest BCUT2D eigenvalue weighted by atomic mass is 9.51. The minimum absolute atomic E-state index is 0.00198. The zero-order valence-corrected chi connectivity index (χ0v) is 9.90. The van der Waals surface area contributed by atoms with E-state index < -0.39 is 0 Å². The topological polar surface area (TPSA) is 48.4 Å². The summed E-state index contributed by atoms with van der Waals surface area (Å²) >= 11 is 6.70. The van der Waals surface area contributed by atoms with Gasteiger partial charge in [-0.2, -0.15) is 0 Å². The quantitative estimate of drug-likeness (QED) is 0.431. The first-order valence-electron chi connectivity index (χ1n) is 6.04. The van der Waals surface area contributed by atoms with Crippen molar-refractivity contribution < 1.29 is 5.11 Å². The van der Waals surface area contributed by atoms with Crippen LogP contribution in [0.3, 0.4) is 0 Å². The Hall–Kier alpha value is -0.750. The van der Waals surface area contributed by atoms with Crippen LogP contribution < -0.4 is 0 Å². The Morgan fingerprint density at radius 1 is 1.31 bits per heavy atom. The number of diazo groups is 1. The number of hydrogen-bond acceptors (Lipinski definition) is 2. The molecule has 4 aliphatic carbocycles. The molecule has 4 heteroatoms. The lowest BCUT2D eigenvalue weighted by Crippen LogP contribution is -2.54. The van der Waals surface area contributed by atoms with Crippen LogP contribution in [0.15, 0.2) is 12.0 Å². The van der Waals surface area contributed by atoms with Crippen LogP contribution >= 0.6 is 11.6 Å². The second-order valence-electron chi connectivity index (χ2n) is 5.79. The summed E-state index contributed by atoms with van der Waals surface area (Å²) in [6.45, 7) is 0. The Morgan fingerprint density at radius 3 is 2.44 bits per heavy atom. The molecule has 0 aliphatic heterocycles. The summed E-state index contributed by atoms with van der Waals surface area (Å²) in [6, 6.07) is 0. The van der Waals surface area contributed by atoms with Crippen molar-refractivity contribution in [1.29, 1.82) is 5.39 Å². The van der Waals surface area contributed by atoms with Crippen LogP contribution in [0, 0.1) is 29.1 Å². The van der Waals surface area contributed by atoms with Gasteiger partial charge >= 0.3 is 6.20 Å². The molecule has 4 fully saturated rings. The van der Waals surface area contributed by atoms with Crippen molar-refractivity contribution in [2.75, 3.05) is 0 Å². The molecule has 0 heterocycles. The van der Waals surface area contributed by atoms with Gasteiger partial charge in [0.2, 0.25) is 5.39 Å². The molecule has 3 nitrogen and oxygen atoms in total. The molecule has 0 saturated heterocycles. The SMILES string of the molecule is N#[N+]/C=C(\O)C1C2CC3CC(C2)CC1(Cl)C3. The minimum Gasteiger partial charge on any atom is -0.505 e. The molecule has 16 heavy (non-hydrogen) atoms. The van der Waals surface area contributed by atoms with E-state index >= 15 is 0 Å². The average Bonchev–Trinajstić information content (AvgIpc) is 2.14. The van der Waals surface area contributed by atoms with Gasteiger partial charge in [-0.15, -0.1) is 11.6 Å². The van der Waals surface area contributed by atoms with E-state index in [0.29, 0.717) is 5.92 Å². The van der Waals surface area contributed by atoms with Crippen molar-refractivity contribution in [3.8, 4) is 0 Å². The van der Waals surface area contributed by atoms with Crippen molar-refractivity contribution in [1.82, 2.24) is 0 Å². The monoisotopic (exact) mass is 239 g/mol. The first kappa shape index (κ1) is 10.4. The zero-order valence-electron chi connectivity index (χ0n) is 9.14. The second-order valence-corrected chi connectivity index (χ2v) is 6.54. The summed E-state index contributed by atoms with van der Waals surface area (Å²) in [6.07, 6.45) is 6.85. The van der Waals surface area contributed by atoms with Gasteiger partial charge in [-0.1, -0.05) is 0 Å². The largest absolute Gasteiger partial charge is 0.505 e. The van der Waals surface area contributed by atoms with Crippen molar-refractivity contribution in [2.24, 2.45) is 23.7 Å². The van der Waals surface area contributed by atoms with Crippen LogP contribution in [0.4, 0.5) is 0 Å². The summed E-state index contributed by atoms with van der Waals surface area (Å²) in [7, 11) is 0. The molecular weight excluding hydrogens is 224 g/mol. The number of rotatable bonds is 1. The number of hydrogen-bond donors (Lipinski definition) is 1. The van der Waals surface area contributed by atoms with Gasteiger partial charge in [0.1, 0.15) is 0 Å². The third-order valence-corrected chi connectivity index (χ3v) is 5.28. The lowest BCUT2D eigenvalue weighted by Gasteiger charge is -2.57. The van der Waals surface area contributed by atoms with Crippen LogP contribution in [0.2, 0.25) is 0 Å². The summed E-state index contributed by atoms with van der Waals surface area (Å²) in [5.74, 6) is 2.16. The van der Waals surface area contributed by atoms with Gasteiger partial charge in [-0.25, -0.2) is 0 Å². The fraction of sp³-hybridized carbons (Fsp3) is 0.833. The zero-order chi connectivity index (χ0) is 11.3. The standard InChI is InChI=1S/C12H15ClN2O/c13-12-4-7-1-8(5-12)3-9(2-7)11(12)10(16)6-15-14/h6-9,11H,1-5H2/p+1/b10-6-. The maximum Gasteiger partial charge on any atom is 0.387 e. The molecule has 0 amide bonds. The van der Waals surface area contributed by atoms with Gasteiger partial charge in [0.15, 0.2) is 10.7 Å². The molecule has 4 rings (SSSR count). The number of aliphatic hydroxyl groups is 1. The predicted molar refractivity (Wildman–Crippen MR) is 61.4 cm³/mol. The number of nitrogens with zero attached hydrogens (tertiary/aromatic N) is 2. The molecule has 0 aromatic carbocycles. The normalized spacial score (nSPS) is 50.4. The highest BCUT2D eigenvalue weighted by atomic mass is 35.5. The maximum absolute atomic E-state index is 9.97. The highest BCUT2D eigenvalue weighted by molar-refractivity contribution is 6.24. The van der Waals surface area contributed by atoms with Crippen LogP contribution in [-0.4, -0.2) is 9.98 Å². The second kappa shape index (κ2) is 3.37. The highest BCUT2D eigenvalue weighted by Gasteiger charge is 2.58. The van der Waals surface area contributed by atoms with E-state index in [-0.39, 0.29) is 16.6 Å².